The Morgan fingerprint density at radius 1 is 1.31 bits per heavy atom. The van der Waals surface area contributed by atoms with Crippen LogP contribution < -0.4 is 5.73 Å². The van der Waals surface area contributed by atoms with Gasteiger partial charge in [0.2, 0.25) is 5.91 Å². The van der Waals surface area contributed by atoms with Gasteiger partial charge in [0.15, 0.2) is 0 Å². The normalized spacial score (nSPS) is 18.5. The number of hydrogen-bond acceptors (Lipinski definition) is 4. The fourth-order valence-electron chi connectivity index (χ4n) is 3.24. The molecule has 2 atom stereocenters. The zero-order valence-electron chi connectivity index (χ0n) is 16.1. The average molecular weight is 361 g/mol. The van der Waals surface area contributed by atoms with Crippen molar-refractivity contribution in [3.63, 3.8) is 0 Å². The second-order valence-corrected chi connectivity index (χ2v) is 7.18. The Kier molecular flexibility index (Phi) is 7.45. The zero-order valence-corrected chi connectivity index (χ0v) is 16.1. The van der Waals surface area contributed by atoms with E-state index in [0.717, 1.165) is 18.4 Å². The van der Waals surface area contributed by atoms with Crippen LogP contribution in [0.3, 0.4) is 0 Å². The molecule has 0 bridgehead atoms. The van der Waals surface area contributed by atoms with Gasteiger partial charge in [-0.3, -0.25) is 4.79 Å². The minimum absolute atomic E-state index is 0.0275. The number of carbonyl (C=O) groups excluding carboxylic acids is 2. The van der Waals surface area contributed by atoms with E-state index in [4.69, 9.17) is 10.5 Å². The first-order chi connectivity index (χ1) is 12.4. The molecule has 2 N–H and O–H groups in total. The Hall–Kier alpha value is -2.08. The third-order valence-corrected chi connectivity index (χ3v) is 4.93. The van der Waals surface area contributed by atoms with Crippen molar-refractivity contribution in [1.29, 1.82) is 0 Å². The van der Waals surface area contributed by atoms with Crippen LogP contribution in [-0.4, -0.2) is 53.5 Å². The molecule has 26 heavy (non-hydrogen) atoms. The molecule has 2 amide bonds. The van der Waals surface area contributed by atoms with Gasteiger partial charge in [-0.2, -0.15) is 0 Å². The highest BCUT2D eigenvalue weighted by molar-refractivity contribution is 5.82. The Bertz CT molecular complexity index is 591. The molecule has 6 heteroatoms. The van der Waals surface area contributed by atoms with Gasteiger partial charge < -0.3 is 20.3 Å². The molecule has 0 unspecified atom stereocenters. The summed E-state index contributed by atoms with van der Waals surface area (Å²) in [5.41, 5.74) is 6.98. The number of benzene rings is 1. The lowest BCUT2D eigenvalue weighted by molar-refractivity contribution is -0.135. The van der Waals surface area contributed by atoms with E-state index in [0.29, 0.717) is 19.6 Å². The third kappa shape index (κ3) is 5.21. The Morgan fingerprint density at radius 2 is 2.00 bits per heavy atom. The quantitative estimate of drug-likeness (QED) is 0.845. The molecule has 1 aromatic carbocycles. The lowest BCUT2D eigenvalue weighted by Crippen LogP contribution is -2.55. The Balaban J connectivity index is 1.95. The number of likely N-dealkylation sites (N-methyl/N-ethyl adjacent to an activating group) is 1. The highest BCUT2D eigenvalue weighted by Gasteiger charge is 2.32. The molecule has 1 fully saturated rings. The van der Waals surface area contributed by atoms with Gasteiger partial charge >= 0.3 is 6.09 Å². The molecule has 0 radical (unpaired) electrons. The molecule has 0 spiro atoms. The topological polar surface area (TPSA) is 75.9 Å². The first-order valence-corrected chi connectivity index (χ1v) is 9.45. The maximum Gasteiger partial charge on any atom is 0.410 e. The number of amides is 2. The summed E-state index contributed by atoms with van der Waals surface area (Å²) in [6, 6.07) is 9.11. The molecule has 0 aromatic heterocycles. The summed E-state index contributed by atoms with van der Waals surface area (Å²) < 4.78 is 5.47. The number of hydrogen-bond donors (Lipinski definition) is 1. The van der Waals surface area contributed by atoms with E-state index in [9.17, 15) is 9.59 Å². The number of ether oxygens (including phenoxy) is 1. The predicted molar refractivity (Wildman–Crippen MR) is 101 cm³/mol. The molecule has 1 aliphatic rings. The Morgan fingerprint density at radius 3 is 2.62 bits per heavy atom. The standard InChI is InChI=1S/C20H31N3O3/c1-4-23(20(25)26-14-16-9-6-5-7-10-16)17-11-8-12-22(13-17)19(24)18(21)15(2)3/h5-7,9-10,15,17-18H,4,8,11-14,21H2,1-3H3/t17-,18-/m0/s1. The van der Waals surface area contributed by atoms with Gasteiger partial charge in [-0.05, 0) is 31.2 Å². The van der Waals surface area contributed by atoms with Gasteiger partial charge in [0.1, 0.15) is 6.61 Å². The van der Waals surface area contributed by atoms with Crippen molar-refractivity contribution < 1.29 is 14.3 Å². The molecule has 2 rings (SSSR count). The first-order valence-electron chi connectivity index (χ1n) is 9.45. The minimum Gasteiger partial charge on any atom is -0.445 e. The highest BCUT2D eigenvalue weighted by Crippen LogP contribution is 2.19. The molecule has 1 aromatic rings. The summed E-state index contributed by atoms with van der Waals surface area (Å²) in [6.45, 7) is 7.86. The lowest BCUT2D eigenvalue weighted by Gasteiger charge is -2.39. The van der Waals surface area contributed by atoms with E-state index in [-0.39, 0.29) is 30.6 Å². The van der Waals surface area contributed by atoms with Crippen LogP contribution in [0.15, 0.2) is 30.3 Å². The Labute approximate surface area is 156 Å². The van der Waals surface area contributed by atoms with Crippen molar-refractivity contribution in [2.45, 2.75) is 52.3 Å². The van der Waals surface area contributed by atoms with Crippen LogP contribution in [-0.2, 0) is 16.1 Å². The van der Waals surface area contributed by atoms with Crippen LogP contribution in [0.25, 0.3) is 0 Å². The van der Waals surface area contributed by atoms with E-state index in [1.54, 1.807) is 9.80 Å². The highest BCUT2D eigenvalue weighted by atomic mass is 16.6. The fraction of sp³-hybridized carbons (Fsp3) is 0.600. The van der Waals surface area contributed by atoms with Gasteiger partial charge in [-0.25, -0.2) is 4.79 Å². The molecule has 1 aliphatic heterocycles. The average Bonchev–Trinajstić information content (AvgIpc) is 2.66. The largest absolute Gasteiger partial charge is 0.445 e. The van der Waals surface area contributed by atoms with Crippen LogP contribution in [0.4, 0.5) is 4.79 Å². The monoisotopic (exact) mass is 361 g/mol. The number of nitrogens with two attached hydrogens (primary N) is 1. The maximum atomic E-state index is 12.5. The molecule has 144 valence electrons. The number of carbonyl (C=O) groups is 2. The fourth-order valence-corrected chi connectivity index (χ4v) is 3.24. The van der Waals surface area contributed by atoms with Crippen LogP contribution in [0.2, 0.25) is 0 Å². The summed E-state index contributed by atoms with van der Waals surface area (Å²) in [4.78, 5) is 28.6. The van der Waals surface area contributed by atoms with Crippen LogP contribution in [0.5, 0.6) is 0 Å². The SMILES string of the molecule is CCN(C(=O)OCc1ccccc1)[C@H]1CCCN(C(=O)[C@@H](N)C(C)C)C1. The maximum absolute atomic E-state index is 12.5. The summed E-state index contributed by atoms with van der Waals surface area (Å²) in [5.74, 6) is 0.0689. The molecule has 1 saturated heterocycles. The van der Waals surface area contributed by atoms with Crippen LogP contribution in [0, 0.1) is 5.92 Å². The van der Waals surface area contributed by atoms with Crippen molar-refractivity contribution in [2.24, 2.45) is 11.7 Å². The third-order valence-electron chi connectivity index (χ3n) is 4.93. The van der Waals surface area contributed by atoms with Crippen molar-refractivity contribution >= 4 is 12.0 Å². The zero-order chi connectivity index (χ0) is 19.1. The first kappa shape index (κ1) is 20.2. The number of rotatable bonds is 6. The molecular formula is C20H31N3O3. The molecule has 0 aliphatic carbocycles. The van der Waals surface area contributed by atoms with Gasteiger partial charge in [-0.15, -0.1) is 0 Å². The number of piperidine rings is 1. The van der Waals surface area contributed by atoms with Gasteiger partial charge in [0.25, 0.3) is 0 Å². The van der Waals surface area contributed by atoms with Gasteiger partial charge in [-0.1, -0.05) is 44.2 Å². The number of nitrogens with zero attached hydrogens (tertiary/aromatic N) is 2. The van der Waals surface area contributed by atoms with Crippen molar-refractivity contribution in [3.8, 4) is 0 Å². The van der Waals surface area contributed by atoms with Crippen LogP contribution in [0.1, 0.15) is 39.2 Å². The van der Waals surface area contributed by atoms with E-state index in [2.05, 4.69) is 0 Å². The second-order valence-electron chi connectivity index (χ2n) is 7.18. The van der Waals surface area contributed by atoms with Crippen molar-refractivity contribution in [2.75, 3.05) is 19.6 Å². The molecular weight excluding hydrogens is 330 g/mol. The van der Waals surface area contributed by atoms with Crippen molar-refractivity contribution in [3.05, 3.63) is 35.9 Å². The van der Waals surface area contributed by atoms with Crippen molar-refractivity contribution in [1.82, 2.24) is 9.80 Å². The molecule has 0 saturated carbocycles. The molecule has 1 heterocycles. The lowest BCUT2D eigenvalue weighted by atomic mass is 10.00. The van der Waals surface area contributed by atoms with E-state index < -0.39 is 6.04 Å². The summed E-state index contributed by atoms with van der Waals surface area (Å²) in [7, 11) is 0. The van der Waals surface area contributed by atoms with Gasteiger partial charge in [0.05, 0.1) is 12.1 Å². The van der Waals surface area contributed by atoms with Gasteiger partial charge in [0, 0.05) is 19.6 Å². The van der Waals surface area contributed by atoms with E-state index >= 15 is 0 Å². The molecule has 6 nitrogen and oxygen atoms in total. The number of likely N-dealkylation sites (tertiary alicyclic amines) is 1. The minimum atomic E-state index is -0.492. The van der Waals surface area contributed by atoms with E-state index in [1.165, 1.54) is 0 Å². The summed E-state index contributed by atoms with van der Waals surface area (Å²) in [6.07, 6.45) is 1.40. The summed E-state index contributed by atoms with van der Waals surface area (Å²) >= 11 is 0. The smallest absolute Gasteiger partial charge is 0.410 e. The summed E-state index contributed by atoms with van der Waals surface area (Å²) in [5, 5.41) is 0. The predicted octanol–water partition coefficient (Wildman–Crippen LogP) is 2.62. The van der Waals surface area contributed by atoms with E-state index in [1.807, 2.05) is 51.1 Å². The van der Waals surface area contributed by atoms with Crippen LogP contribution >= 0.6 is 0 Å². The second kappa shape index (κ2) is 9.57.